The van der Waals surface area contributed by atoms with Gasteiger partial charge in [0.05, 0.1) is 5.56 Å². The number of likely N-dealkylation sites (tertiary alicyclic amines) is 1. The third-order valence-electron chi connectivity index (χ3n) is 3.81. The average molecular weight is 281 g/mol. The molecule has 1 aliphatic rings. The number of rotatable bonds is 5. The monoisotopic (exact) mass is 281 g/mol. The van der Waals surface area contributed by atoms with Crippen LogP contribution in [0.5, 0.6) is 0 Å². The summed E-state index contributed by atoms with van der Waals surface area (Å²) in [7, 11) is 1.71. The molecule has 20 heavy (non-hydrogen) atoms. The lowest BCUT2D eigenvalue weighted by Crippen LogP contribution is -2.34. The summed E-state index contributed by atoms with van der Waals surface area (Å²) >= 11 is 0. The summed E-state index contributed by atoms with van der Waals surface area (Å²) in [6, 6.07) is 3.98. The predicted octanol–water partition coefficient (Wildman–Crippen LogP) is 2.38. The molecule has 1 aromatic rings. The van der Waals surface area contributed by atoms with Crippen LogP contribution >= 0.6 is 0 Å². The molecule has 0 aromatic heterocycles. The highest BCUT2D eigenvalue weighted by Crippen LogP contribution is 2.21. The Morgan fingerprint density at radius 1 is 1.45 bits per heavy atom. The lowest BCUT2D eigenvalue weighted by molar-refractivity contribution is 0.0691. The second-order valence-corrected chi connectivity index (χ2v) is 5.28. The molecule has 0 radical (unpaired) electrons. The number of halogens is 1. The second-order valence-electron chi connectivity index (χ2n) is 5.28. The van der Waals surface area contributed by atoms with Crippen LogP contribution in [-0.2, 0) is 11.3 Å². The standard InChI is InChI=1S/C15H20FNO3/c1-20-10-11-4-6-17(7-5-11)9-12-2-3-13(16)8-14(12)15(18)19/h2-3,8,11H,4-7,9-10H2,1H3,(H,18,19). The Labute approximate surface area is 118 Å². The number of nitrogens with zero attached hydrogens (tertiary/aromatic N) is 1. The van der Waals surface area contributed by atoms with Gasteiger partial charge in [0.1, 0.15) is 5.82 Å². The molecular formula is C15H20FNO3. The fourth-order valence-electron chi connectivity index (χ4n) is 2.67. The molecule has 110 valence electrons. The molecule has 0 atom stereocenters. The third kappa shape index (κ3) is 3.77. The van der Waals surface area contributed by atoms with Gasteiger partial charge in [-0.05, 0) is 49.5 Å². The minimum Gasteiger partial charge on any atom is -0.478 e. The molecular weight excluding hydrogens is 261 g/mol. The Kier molecular flexibility index (Phi) is 5.09. The first kappa shape index (κ1) is 14.9. The Morgan fingerprint density at radius 3 is 2.75 bits per heavy atom. The molecule has 0 spiro atoms. The van der Waals surface area contributed by atoms with E-state index in [1.165, 1.54) is 6.07 Å². The van der Waals surface area contributed by atoms with Crippen molar-refractivity contribution in [3.05, 3.63) is 35.1 Å². The topological polar surface area (TPSA) is 49.8 Å². The first-order chi connectivity index (χ1) is 9.60. The number of hydrogen-bond donors (Lipinski definition) is 1. The predicted molar refractivity (Wildman–Crippen MR) is 73.2 cm³/mol. The van der Waals surface area contributed by atoms with Gasteiger partial charge in [-0.2, -0.15) is 0 Å². The summed E-state index contributed by atoms with van der Waals surface area (Å²) in [5.74, 6) is -0.998. The molecule has 1 saturated heterocycles. The lowest BCUT2D eigenvalue weighted by Gasteiger charge is -2.31. The maximum absolute atomic E-state index is 13.1. The van der Waals surface area contributed by atoms with Crippen LogP contribution in [-0.4, -0.2) is 42.8 Å². The van der Waals surface area contributed by atoms with Crippen LogP contribution in [0, 0.1) is 11.7 Å². The smallest absolute Gasteiger partial charge is 0.336 e. The van der Waals surface area contributed by atoms with Gasteiger partial charge in [0.15, 0.2) is 0 Å². The number of carboxylic acid groups (broad SMARTS) is 1. The number of piperidine rings is 1. The summed E-state index contributed by atoms with van der Waals surface area (Å²) in [5, 5.41) is 9.13. The zero-order valence-corrected chi connectivity index (χ0v) is 11.6. The first-order valence-electron chi connectivity index (χ1n) is 6.83. The molecule has 0 bridgehead atoms. The van der Waals surface area contributed by atoms with Crippen LogP contribution in [0.4, 0.5) is 4.39 Å². The van der Waals surface area contributed by atoms with E-state index in [0.717, 1.165) is 38.6 Å². The number of ether oxygens (including phenoxy) is 1. The Bertz CT molecular complexity index is 470. The number of carboxylic acids is 1. The highest BCUT2D eigenvalue weighted by atomic mass is 19.1. The van der Waals surface area contributed by atoms with Crippen LogP contribution in [0.3, 0.4) is 0 Å². The molecule has 1 heterocycles. The van der Waals surface area contributed by atoms with Crippen LogP contribution in [0.25, 0.3) is 0 Å². The third-order valence-corrected chi connectivity index (χ3v) is 3.81. The summed E-state index contributed by atoms with van der Waals surface area (Å²) in [4.78, 5) is 13.4. The zero-order valence-electron chi connectivity index (χ0n) is 11.6. The van der Waals surface area contributed by atoms with Crippen LogP contribution < -0.4 is 0 Å². The van der Waals surface area contributed by atoms with Crippen molar-refractivity contribution in [2.24, 2.45) is 5.92 Å². The molecule has 4 nitrogen and oxygen atoms in total. The SMILES string of the molecule is COCC1CCN(Cc2ccc(F)cc2C(=O)O)CC1. The fraction of sp³-hybridized carbons (Fsp3) is 0.533. The first-order valence-corrected chi connectivity index (χ1v) is 6.83. The molecule has 0 unspecified atom stereocenters. The molecule has 0 amide bonds. The quantitative estimate of drug-likeness (QED) is 0.900. The molecule has 2 rings (SSSR count). The van der Waals surface area contributed by atoms with Crippen LogP contribution in [0.1, 0.15) is 28.8 Å². The maximum atomic E-state index is 13.1. The van der Waals surface area contributed by atoms with Crippen molar-refractivity contribution in [2.75, 3.05) is 26.8 Å². The normalized spacial score (nSPS) is 17.3. The lowest BCUT2D eigenvalue weighted by atomic mass is 9.97. The van der Waals surface area contributed by atoms with Crippen LogP contribution in [0.2, 0.25) is 0 Å². The van der Waals surface area contributed by atoms with Gasteiger partial charge < -0.3 is 9.84 Å². The van der Waals surface area contributed by atoms with Gasteiger partial charge in [-0.3, -0.25) is 4.90 Å². The summed E-state index contributed by atoms with van der Waals surface area (Å²) in [5.41, 5.74) is 0.730. The number of aromatic carboxylic acids is 1. The molecule has 1 N–H and O–H groups in total. The molecule has 1 fully saturated rings. The van der Waals surface area contributed by atoms with Crippen molar-refractivity contribution < 1.29 is 19.0 Å². The number of benzene rings is 1. The highest BCUT2D eigenvalue weighted by Gasteiger charge is 2.21. The summed E-state index contributed by atoms with van der Waals surface area (Å²) in [6.45, 7) is 3.18. The number of methoxy groups -OCH3 is 1. The van der Waals surface area contributed by atoms with Gasteiger partial charge in [-0.15, -0.1) is 0 Å². The Hall–Kier alpha value is -1.46. The van der Waals surface area contributed by atoms with Crippen molar-refractivity contribution in [2.45, 2.75) is 19.4 Å². The summed E-state index contributed by atoms with van der Waals surface area (Å²) in [6.07, 6.45) is 2.11. The van der Waals surface area contributed by atoms with Gasteiger partial charge in [0.2, 0.25) is 0 Å². The van der Waals surface area contributed by atoms with E-state index < -0.39 is 11.8 Å². The zero-order chi connectivity index (χ0) is 14.5. The van der Waals surface area contributed by atoms with E-state index >= 15 is 0 Å². The second kappa shape index (κ2) is 6.81. The van der Waals surface area contributed by atoms with Crippen molar-refractivity contribution in [1.29, 1.82) is 0 Å². The minimum absolute atomic E-state index is 0.0593. The van der Waals surface area contributed by atoms with Crippen molar-refractivity contribution >= 4 is 5.97 Å². The van der Waals surface area contributed by atoms with Crippen molar-refractivity contribution in [1.82, 2.24) is 4.90 Å². The molecule has 1 aliphatic heterocycles. The van der Waals surface area contributed by atoms with Crippen molar-refractivity contribution in [3.63, 3.8) is 0 Å². The Morgan fingerprint density at radius 2 is 2.15 bits per heavy atom. The fourth-order valence-corrected chi connectivity index (χ4v) is 2.67. The van der Waals surface area contributed by atoms with Gasteiger partial charge in [0, 0.05) is 20.3 Å². The van der Waals surface area contributed by atoms with Crippen molar-refractivity contribution in [3.8, 4) is 0 Å². The molecule has 0 saturated carbocycles. The highest BCUT2D eigenvalue weighted by molar-refractivity contribution is 5.89. The molecule has 0 aliphatic carbocycles. The van der Waals surface area contributed by atoms with E-state index in [1.54, 1.807) is 13.2 Å². The largest absolute Gasteiger partial charge is 0.478 e. The van der Waals surface area contributed by atoms with Gasteiger partial charge in [0.25, 0.3) is 0 Å². The van der Waals surface area contributed by atoms with Crippen LogP contribution in [0.15, 0.2) is 18.2 Å². The van der Waals surface area contributed by atoms with E-state index in [4.69, 9.17) is 9.84 Å². The van der Waals surface area contributed by atoms with Gasteiger partial charge in [-0.1, -0.05) is 6.07 Å². The van der Waals surface area contributed by atoms with E-state index in [0.29, 0.717) is 18.0 Å². The minimum atomic E-state index is -1.08. The summed E-state index contributed by atoms with van der Waals surface area (Å²) < 4.78 is 18.3. The average Bonchev–Trinajstić information content (AvgIpc) is 2.43. The van der Waals surface area contributed by atoms with E-state index in [2.05, 4.69) is 4.90 Å². The number of carbonyl (C=O) groups is 1. The molecule has 5 heteroatoms. The Balaban J connectivity index is 1.99. The molecule has 1 aromatic carbocycles. The number of hydrogen-bond acceptors (Lipinski definition) is 3. The van der Waals surface area contributed by atoms with E-state index in [-0.39, 0.29) is 5.56 Å². The van der Waals surface area contributed by atoms with E-state index in [9.17, 15) is 9.18 Å². The van der Waals surface area contributed by atoms with E-state index in [1.807, 2.05) is 0 Å². The van der Waals surface area contributed by atoms with Gasteiger partial charge >= 0.3 is 5.97 Å². The van der Waals surface area contributed by atoms with Gasteiger partial charge in [-0.25, -0.2) is 9.18 Å². The maximum Gasteiger partial charge on any atom is 0.336 e.